The Labute approximate surface area is 111 Å². The molecular formula is C12H18N4O3. The van der Waals surface area contributed by atoms with E-state index in [9.17, 15) is 9.90 Å². The summed E-state index contributed by atoms with van der Waals surface area (Å²) in [5.41, 5.74) is 1.04. The van der Waals surface area contributed by atoms with Crippen molar-refractivity contribution in [3.63, 3.8) is 0 Å². The van der Waals surface area contributed by atoms with Crippen LogP contribution in [0.3, 0.4) is 0 Å². The molecule has 1 fully saturated rings. The van der Waals surface area contributed by atoms with Gasteiger partial charge in [0.25, 0.3) is 0 Å². The Morgan fingerprint density at radius 2 is 2.32 bits per heavy atom. The van der Waals surface area contributed by atoms with Crippen LogP contribution in [-0.2, 0) is 4.79 Å². The lowest BCUT2D eigenvalue weighted by Crippen LogP contribution is -2.49. The van der Waals surface area contributed by atoms with Crippen molar-refractivity contribution in [2.24, 2.45) is 10.9 Å². The zero-order valence-corrected chi connectivity index (χ0v) is 10.5. The minimum Gasteiger partial charge on any atom is -0.396 e. The first kappa shape index (κ1) is 12.6. The highest BCUT2D eigenvalue weighted by Gasteiger charge is 2.38. The number of fused-ring (bicyclic) bond motifs is 1. The molecule has 0 radical (unpaired) electrons. The molecular weight excluding hydrogens is 248 g/mol. The van der Waals surface area contributed by atoms with Gasteiger partial charge < -0.3 is 20.8 Å². The molecule has 0 spiro atoms. The van der Waals surface area contributed by atoms with Crippen molar-refractivity contribution < 1.29 is 15.0 Å². The maximum Gasteiger partial charge on any atom is 0.250 e. The van der Waals surface area contributed by atoms with E-state index < -0.39 is 6.10 Å². The smallest absolute Gasteiger partial charge is 0.250 e. The van der Waals surface area contributed by atoms with Gasteiger partial charge in [0.2, 0.25) is 5.91 Å². The van der Waals surface area contributed by atoms with Gasteiger partial charge in [-0.3, -0.25) is 14.7 Å². The Bertz CT molecular complexity index is 437. The Balaban J connectivity index is 1.64. The van der Waals surface area contributed by atoms with Crippen molar-refractivity contribution in [1.29, 1.82) is 0 Å². The molecule has 3 aliphatic heterocycles. The molecule has 3 aliphatic rings. The molecule has 0 aliphatic carbocycles. The molecule has 3 heterocycles. The number of hydrogen-bond donors (Lipinski definition) is 4. The predicted molar refractivity (Wildman–Crippen MR) is 68.5 cm³/mol. The lowest BCUT2D eigenvalue weighted by Gasteiger charge is -2.23. The van der Waals surface area contributed by atoms with Crippen LogP contribution in [0.2, 0.25) is 0 Å². The molecule has 104 valence electrons. The number of aliphatic imine (C=N–C) groups is 1. The van der Waals surface area contributed by atoms with Gasteiger partial charge >= 0.3 is 0 Å². The molecule has 0 aromatic heterocycles. The van der Waals surface area contributed by atoms with Crippen molar-refractivity contribution in [1.82, 2.24) is 15.5 Å². The largest absolute Gasteiger partial charge is 0.396 e. The Morgan fingerprint density at radius 3 is 3.05 bits per heavy atom. The van der Waals surface area contributed by atoms with E-state index in [0.717, 1.165) is 5.57 Å². The lowest BCUT2D eigenvalue weighted by atomic mass is 10.0. The number of aliphatic hydroxyl groups is 2. The standard InChI is InChI=1S/C12H18N4O3/c17-5-8-3-16(4-9(8)18)2-7-1-13-11-10(7)14-6-15-12(11)19/h1,6,8-11,13,17-18H,2-5H2,(H,14,15,19)/t8-,9+,10?,11?/m1/s1. The quantitative estimate of drug-likeness (QED) is 0.459. The second-order valence-electron chi connectivity index (χ2n) is 5.30. The number of rotatable bonds is 3. The van der Waals surface area contributed by atoms with Gasteiger partial charge in [0.05, 0.1) is 12.4 Å². The summed E-state index contributed by atoms with van der Waals surface area (Å²) in [6.45, 7) is 1.88. The average Bonchev–Trinajstić information content (AvgIpc) is 2.95. The van der Waals surface area contributed by atoms with Crippen LogP contribution < -0.4 is 10.6 Å². The number of nitrogens with zero attached hydrogens (tertiary/aromatic N) is 2. The molecule has 4 atom stereocenters. The molecule has 1 saturated heterocycles. The van der Waals surface area contributed by atoms with Crippen molar-refractivity contribution in [2.45, 2.75) is 18.2 Å². The van der Waals surface area contributed by atoms with Crippen molar-refractivity contribution in [3.05, 3.63) is 11.8 Å². The monoisotopic (exact) mass is 266 g/mol. The molecule has 1 amide bonds. The van der Waals surface area contributed by atoms with E-state index in [4.69, 9.17) is 5.11 Å². The molecule has 7 nitrogen and oxygen atoms in total. The maximum absolute atomic E-state index is 11.6. The zero-order valence-electron chi connectivity index (χ0n) is 10.5. The third kappa shape index (κ3) is 2.24. The number of carbonyl (C=O) groups is 1. The first-order valence-electron chi connectivity index (χ1n) is 6.47. The normalized spacial score (nSPS) is 37.8. The molecule has 3 rings (SSSR count). The molecule has 4 N–H and O–H groups in total. The van der Waals surface area contributed by atoms with Gasteiger partial charge in [0, 0.05) is 32.2 Å². The van der Waals surface area contributed by atoms with E-state index in [-0.39, 0.29) is 30.5 Å². The summed E-state index contributed by atoms with van der Waals surface area (Å²) in [5, 5.41) is 24.5. The molecule has 19 heavy (non-hydrogen) atoms. The molecule has 0 aromatic carbocycles. The van der Waals surface area contributed by atoms with Gasteiger partial charge in [-0.25, -0.2) is 0 Å². The van der Waals surface area contributed by atoms with E-state index in [2.05, 4.69) is 20.5 Å². The van der Waals surface area contributed by atoms with Crippen LogP contribution in [-0.4, -0.2) is 71.8 Å². The number of likely N-dealkylation sites (tertiary alicyclic amines) is 1. The molecule has 2 unspecified atom stereocenters. The fourth-order valence-electron chi connectivity index (χ4n) is 2.91. The third-order valence-electron chi connectivity index (χ3n) is 3.99. The van der Waals surface area contributed by atoms with Gasteiger partial charge in [0.1, 0.15) is 12.1 Å². The van der Waals surface area contributed by atoms with Crippen molar-refractivity contribution >= 4 is 12.2 Å². The van der Waals surface area contributed by atoms with E-state index in [1.54, 1.807) is 0 Å². The fourth-order valence-corrected chi connectivity index (χ4v) is 2.91. The van der Waals surface area contributed by atoms with Crippen LogP contribution in [0.5, 0.6) is 0 Å². The minimum absolute atomic E-state index is 0.00156. The van der Waals surface area contributed by atoms with Crippen molar-refractivity contribution in [2.75, 3.05) is 26.2 Å². The highest BCUT2D eigenvalue weighted by atomic mass is 16.3. The topological polar surface area (TPSA) is 97.2 Å². The van der Waals surface area contributed by atoms with E-state index in [0.29, 0.717) is 19.6 Å². The third-order valence-corrected chi connectivity index (χ3v) is 3.99. The summed E-state index contributed by atoms with van der Waals surface area (Å²) < 4.78 is 0. The van der Waals surface area contributed by atoms with Crippen LogP contribution in [0.4, 0.5) is 0 Å². The number of amides is 1. The summed E-state index contributed by atoms with van der Waals surface area (Å²) in [7, 11) is 0. The SMILES string of the molecule is O=C1NC=NC2C(CN3C[C@H](CO)[C@@H](O)C3)=CNC12. The van der Waals surface area contributed by atoms with Gasteiger partial charge in [-0.15, -0.1) is 0 Å². The summed E-state index contributed by atoms with van der Waals surface area (Å²) in [5.74, 6) is -0.148. The first-order chi connectivity index (χ1) is 9.19. The van der Waals surface area contributed by atoms with Crippen LogP contribution in [0.1, 0.15) is 0 Å². The first-order valence-corrected chi connectivity index (χ1v) is 6.47. The summed E-state index contributed by atoms with van der Waals surface area (Å²) in [6.07, 6.45) is 2.81. The van der Waals surface area contributed by atoms with Gasteiger partial charge in [-0.1, -0.05) is 0 Å². The summed E-state index contributed by atoms with van der Waals surface area (Å²) in [6, 6.07) is -0.472. The zero-order chi connectivity index (χ0) is 13.4. The molecule has 0 bridgehead atoms. The van der Waals surface area contributed by atoms with Crippen LogP contribution in [0.25, 0.3) is 0 Å². The Morgan fingerprint density at radius 1 is 1.47 bits per heavy atom. The summed E-state index contributed by atoms with van der Waals surface area (Å²) in [4.78, 5) is 18.0. The highest BCUT2D eigenvalue weighted by Crippen LogP contribution is 2.23. The minimum atomic E-state index is -0.478. The average molecular weight is 266 g/mol. The highest BCUT2D eigenvalue weighted by molar-refractivity contribution is 5.95. The van der Waals surface area contributed by atoms with Gasteiger partial charge in [-0.2, -0.15) is 0 Å². The predicted octanol–water partition coefficient (Wildman–Crippen LogP) is -2.35. The number of carbonyl (C=O) groups excluding carboxylic acids is 1. The number of aliphatic hydroxyl groups excluding tert-OH is 2. The van der Waals surface area contributed by atoms with Crippen LogP contribution in [0, 0.1) is 5.92 Å². The Hall–Kier alpha value is -1.44. The maximum atomic E-state index is 11.6. The number of nitrogens with one attached hydrogen (secondary N) is 2. The number of hydrogen-bond acceptors (Lipinski definition) is 6. The fraction of sp³-hybridized carbons (Fsp3) is 0.667. The van der Waals surface area contributed by atoms with E-state index >= 15 is 0 Å². The van der Waals surface area contributed by atoms with Gasteiger partial charge in [-0.05, 0) is 11.8 Å². The second kappa shape index (κ2) is 4.92. The second-order valence-corrected chi connectivity index (χ2v) is 5.30. The summed E-state index contributed by atoms with van der Waals surface area (Å²) >= 11 is 0. The van der Waals surface area contributed by atoms with Crippen molar-refractivity contribution in [3.8, 4) is 0 Å². The molecule has 0 aromatic rings. The van der Waals surface area contributed by atoms with Crippen LogP contribution in [0.15, 0.2) is 16.8 Å². The van der Waals surface area contributed by atoms with Gasteiger partial charge in [0.15, 0.2) is 0 Å². The number of β-amino-alcohol motifs (C(OH)–C–C–N with tert-alkyl or cyclic N) is 1. The van der Waals surface area contributed by atoms with E-state index in [1.807, 2.05) is 6.20 Å². The Kier molecular flexibility index (Phi) is 3.26. The molecule has 7 heteroatoms. The molecule has 0 saturated carbocycles. The van der Waals surface area contributed by atoms with E-state index in [1.165, 1.54) is 6.34 Å². The lowest BCUT2D eigenvalue weighted by molar-refractivity contribution is -0.121. The van der Waals surface area contributed by atoms with Crippen LogP contribution >= 0.6 is 0 Å².